The lowest BCUT2D eigenvalue weighted by Crippen LogP contribution is -2.33. The highest BCUT2D eigenvalue weighted by Crippen LogP contribution is 2.32. The van der Waals surface area contributed by atoms with Gasteiger partial charge in [0.25, 0.3) is 0 Å². The fourth-order valence-electron chi connectivity index (χ4n) is 2.30. The summed E-state index contributed by atoms with van der Waals surface area (Å²) in [7, 11) is -3.80. The van der Waals surface area contributed by atoms with E-state index in [1.54, 1.807) is 12.1 Å². The van der Waals surface area contributed by atoms with Crippen molar-refractivity contribution < 1.29 is 13.2 Å². The molecule has 2 rings (SSSR count). The van der Waals surface area contributed by atoms with Crippen LogP contribution in [-0.4, -0.2) is 28.2 Å². The second-order valence-corrected chi connectivity index (χ2v) is 7.07. The van der Waals surface area contributed by atoms with Crippen LogP contribution in [0, 0.1) is 5.41 Å². The number of sulfonamides is 1. The standard InChI is InChI=1S/C13H21N3O3S/c1-13(5-7-19-8-6-13)9-16-10-3-2-4-11(12(10)14)20(15,17)18/h2-4,16H,5-9,14H2,1H3,(H2,15,17,18). The van der Waals surface area contributed by atoms with Gasteiger partial charge in [0.1, 0.15) is 4.90 Å². The van der Waals surface area contributed by atoms with Crippen LogP contribution in [0.25, 0.3) is 0 Å². The summed E-state index contributed by atoms with van der Waals surface area (Å²) >= 11 is 0. The second-order valence-electron chi connectivity index (χ2n) is 5.54. The van der Waals surface area contributed by atoms with Crippen LogP contribution in [0.2, 0.25) is 0 Å². The van der Waals surface area contributed by atoms with E-state index in [0.717, 1.165) is 26.1 Å². The maximum atomic E-state index is 11.4. The Kier molecular flexibility index (Phi) is 4.22. The van der Waals surface area contributed by atoms with E-state index in [2.05, 4.69) is 12.2 Å². The molecular formula is C13H21N3O3S. The zero-order valence-corrected chi connectivity index (χ0v) is 12.4. The zero-order valence-electron chi connectivity index (χ0n) is 11.6. The number of anilines is 2. The third-order valence-electron chi connectivity index (χ3n) is 3.78. The molecule has 0 aromatic heterocycles. The molecule has 1 aromatic rings. The molecule has 0 spiro atoms. The van der Waals surface area contributed by atoms with E-state index in [4.69, 9.17) is 15.6 Å². The van der Waals surface area contributed by atoms with Crippen LogP contribution in [0.3, 0.4) is 0 Å². The number of para-hydroxylation sites is 1. The van der Waals surface area contributed by atoms with Gasteiger partial charge in [-0.25, -0.2) is 13.6 Å². The van der Waals surface area contributed by atoms with Gasteiger partial charge in [0.2, 0.25) is 10.0 Å². The van der Waals surface area contributed by atoms with E-state index in [1.165, 1.54) is 6.07 Å². The first kappa shape index (κ1) is 15.1. The van der Waals surface area contributed by atoms with Crippen LogP contribution in [0.1, 0.15) is 19.8 Å². The van der Waals surface area contributed by atoms with Crippen LogP contribution >= 0.6 is 0 Å². The summed E-state index contributed by atoms with van der Waals surface area (Å²) in [6.45, 7) is 4.41. The summed E-state index contributed by atoms with van der Waals surface area (Å²) in [4.78, 5) is -0.0420. The van der Waals surface area contributed by atoms with Gasteiger partial charge in [-0.3, -0.25) is 0 Å². The fourth-order valence-corrected chi connectivity index (χ4v) is 2.98. The Balaban J connectivity index is 2.14. The van der Waals surface area contributed by atoms with Crippen LogP contribution in [0.15, 0.2) is 23.1 Å². The maximum absolute atomic E-state index is 11.4. The Morgan fingerprint density at radius 1 is 1.35 bits per heavy atom. The summed E-state index contributed by atoms with van der Waals surface area (Å²) in [6.07, 6.45) is 1.93. The maximum Gasteiger partial charge on any atom is 0.240 e. The van der Waals surface area contributed by atoms with E-state index in [0.29, 0.717) is 12.2 Å². The number of nitrogen functional groups attached to an aromatic ring is 1. The van der Waals surface area contributed by atoms with E-state index >= 15 is 0 Å². The lowest BCUT2D eigenvalue weighted by molar-refractivity contribution is 0.0300. The molecule has 0 aliphatic carbocycles. The van der Waals surface area contributed by atoms with Crippen molar-refractivity contribution in [1.29, 1.82) is 0 Å². The molecule has 0 radical (unpaired) electrons. The Morgan fingerprint density at radius 2 is 2.00 bits per heavy atom. The third-order valence-corrected chi connectivity index (χ3v) is 4.75. The Morgan fingerprint density at radius 3 is 2.60 bits per heavy atom. The van der Waals surface area contributed by atoms with E-state index in [9.17, 15) is 8.42 Å². The van der Waals surface area contributed by atoms with Crippen molar-refractivity contribution in [2.75, 3.05) is 30.8 Å². The van der Waals surface area contributed by atoms with Crippen LogP contribution < -0.4 is 16.2 Å². The number of hydrogen-bond donors (Lipinski definition) is 3. The van der Waals surface area contributed by atoms with Crippen molar-refractivity contribution in [3.63, 3.8) is 0 Å². The van der Waals surface area contributed by atoms with Gasteiger partial charge in [-0.05, 0) is 30.4 Å². The van der Waals surface area contributed by atoms with Crippen molar-refractivity contribution in [1.82, 2.24) is 0 Å². The molecule has 0 bridgehead atoms. The summed E-state index contributed by atoms with van der Waals surface area (Å²) in [6, 6.07) is 4.80. The molecule has 1 fully saturated rings. The first-order valence-electron chi connectivity index (χ1n) is 6.55. The fraction of sp³-hybridized carbons (Fsp3) is 0.538. The molecule has 1 aliphatic heterocycles. The van der Waals surface area contributed by atoms with E-state index in [1.807, 2.05) is 0 Å². The van der Waals surface area contributed by atoms with Crippen LogP contribution in [-0.2, 0) is 14.8 Å². The molecule has 5 N–H and O–H groups in total. The zero-order chi connectivity index (χ0) is 14.8. The average Bonchev–Trinajstić information content (AvgIpc) is 2.37. The van der Waals surface area contributed by atoms with Gasteiger partial charge in [0, 0.05) is 19.8 Å². The van der Waals surface area contributed by atoms with Gasteiger partial charge in [-0.15, -0.1) is 0 Å². The topological polar surface area (TPSA) is 107 Å². The van der Waals surface area contributed by atoms with Gasteiger partial charge in [0.15, 0.2) is 0 Å². The summed E-state index contributed by atoms with van der Waals surface area (Å²) < 4.78 is 28.2. The molecular weight excluding hydrogens is 278 g/mol. The Labute approximate surface area is 119 Å². The van der Waals surface area contributed by atoms with Crippen LogP contribution in [0.4, 0.5) is 11.4 Å². The smallest absolute Gasteiger partial charge is 0.240 e. The second kappa shape index (κ2) is 5.59. The number of nitrogens with one attached hydrogen (secondary N) is 1. The number of ether oxygens (including phenoxy) is 1. The molecule has 1 heterocycles. The minimum absolute atomic E-state index is 0.0420. The number of nitrogens with two attached hydrogens (primary N) is 2. The van der Waals surface area contributed by atoms with Gasteiger partial charge in [-0.1, -0.05) is 13.0 Å². The number of primary sulfonamides is 1. The first-order chi connectivity index (χ1) is 9.32. The number of rotatable bonds is 4. The average molecular weight is 299 g/mol. The van der Waals surface area contributed by atoms with E-state index in [-0.39, 0.29) is 16.0 Å². The lowest BCUT2D eigenvalue weighted by atomic mass is 9.82. The monoisotopic (exact) mass is 299 g/mol. The molecule has 1 saturated heterocycles. The summed E-state index contributed by atoms with van der Waals surface area (Å²) in [5.74, 6) is 0. The molecule has 0 saturated carbocycles. The van der Waals surface area contributed by atoms with Gasteiger partial charge < -0.3 is 15.8 Å². The molecule has 7 heteroatoms. The largest absolute Gasteiger partial charge is 0.396 e. The van der Waals surface area contributed by atoms with Crippen molar-refractivity contribution in [2.24, 2.45) is 10.6 Å². The molecule has 20 heavy (non-hydrogen) atoms. The highest BCUT2D eigenvalue weighted by molar-refractivity contribution is 7.89. The summed E-state index contributed by atoms with van der Waals surface area (Å²) in [5.41, 5.74) is 6.78. The predicted octanol–water partition coefficient (Wildman–Crippen LogP) is 1.14. The molecule has 6 nitrogen and oxygen atoms in total. The lowest BCUT2D eigenvalue weighted by Gasteiger charge is -2.34. The van der Waals surface area contributed by atoms with Crippen LogP contribution in [0.5, 0.6) is 0 Å². The predicted molar refractivity (Wildman–Crippen MR) is 78.9 cm³/mol. The molecule has 1 aliphatic rings. The highest BCUT2D eigenvalue weighted by atomic mass is 32.2. The minimum atomic E-state index is -3.80. The Bertz CT molecular complexity index is 581. The third kappa shape index (κ3) is 3.41. The molecule has 112 valence electrons. The van der Waals surface area contributed by atoms with Gasteiger partial charge >= 0.3 is 0 Å². The van der Waals surface area contributed by atoms with Gasteiger partial charge in [0.05, 0.1) is 11.4 Å². The normalized spacial score (nSPS) is 18.7. The Hall–Kier alpha value is -1.31. The molecule has 0 unspecified atom stereocenters. The van der Waals surface area contributed by atoms with E-state index < -0.39 is 10.0 Å². The quantitative estimate of drug-likeness (QED) is 0.723. The molecule has 0 atom stereocenters. The minimum Gasteiger partial charge on any atom is -0.396 e. The first-order valence-corrected chi connectivity index (χ1v) is 8.09. The van der Waals surface area contributed by atoms with Gasteiger partial charge in [-0.2, -0.15) is 0 Å². The molecule has 1 aromatic carbocycles. The number of benzene rings is 1. The van der Waals surface area contributed by atoms with Crippen molar-refractivity contribution in [3.8, 4) is 0 Å². The highest BCUT2D eigenvalue weighted by Gasteiger charge is 2.27. The van der Waals surface area contributed by atoms with Crippen molar-refractivity contribution >= 4 is 21.4 Å². The summed E-state index contributed by atoms with van der Waals surface area (Å²) in [5, 5.41) is 8.37. The number of hydrogen-bond acceptors (Lipinski definition) is 5. The van der Waals surface area contributed by atoms with Crippen molar-refractivity contribution in [2.45, 2.75) is 24.7 Å². The molecule has 0 amide bonds. The van der Waals surface area contributed by atoms with Crippen molar-refractivity contribution in [3.05, 3.63) is 18.2 Å². The SMILES string of the molecule is CC1(CNc2cccc(S(N)(=O)=O)c2N)CCOCC1.